The van der Waals surface area contributed by atoms with Crippen LogP contribution < -0.4 is 15.4 Å². The van der Waals surface area contributed by atoms with Crippen LogP contribution in [0.15, 0.2) is 47.5 Å². The number of benzodiazepines with no additional fused rings is 1. The standard InChI is InChI=1S/C18H20ClN3O/c1-22-12(10-20)11-21-18(14-5-3-4-6-16(14)19)15-8-7-13(23-2)9-17(15)22/h3-9,12H,10-11,20H2,1-2H3. The molecule has 120 valence electrons. The molecule has 0 amide bonds. The van der Waals surface area contributed by atoms with Gasteiger partial charge in [0.05, 0.1) is 25.4 Å². The van der Waals surface area contributed by atoms with Crippen molar-refractivity contribution < 1.29 is 4.74 Å². The fourth-order valence-corrected chi connectivity index (χ4v) is 3.07. The highest BCUT2D eigenvalue weighted by atomic mass is 35.5. The predicted octanol–water partition coefficient (Wildman–Crippen LogP) is 2.96. The molecular weight excluding hydrogens is 310 g/mol. The van der Waals surface area contributed by atoms with Gasteiger partial charge >= 0.3 is 0 Å². The molecule has 0 saturated carbocycles. The van der Waals surface area contributed by atoms with Gasteiger partial charge in [-0.3, -0.25) is 4.99 Å². The molecule has 1 heterocycles. The molecule has 0 bridgehead atoms. The van der Waals surface area contributed by atoms with Crippen LogP contribution in [-0.2, 0) is 0 Å². The zero-order chi connectivity index (χ0) is 16.4. The first-order valence-electron chi connectivity index (χ1n) is 7.56. The monoisotopic (exact) mass is 329 g/mol. The molecule has 0 spiro atoms. The van der Waals surface area contributed by atoms with Crippen LogP contribution in [0.1, 0.15) is 11.1 Å². The highest BCUT2D eigenvalue weighted by Crippen LogP contribution is 2.32. The van der Waals surface area contributed by atoms with Gasteiger partial charge in [-0.1, -0.05) is 29.8 Å². The summed E-state index contributed by atoms with van der Waals surface area (Å²) in [4.78, 5) is 7.00. The molecule has 2 aromatic carbocycles. The van der Waals surface area contributed by atoms with E-state index in [4.69, 9.17) is 27.1 Å². The van der Waals surface area contributed by atoms with E-state index < -0.39 is 0 Å². The Hall–Kier alpha value is -2.04. The summed E-state index contributed by atoms with van der Waals surface area (Å²) < 4.78 is 5.38. The Morgan fingerprint density at radius 1 is 1.26 bits per heavy atom. The zero-order valence-electron chi connectivity index (χ0n) is 13.3. The lowest BCUT2D eigenvalue weighted by molar-refractivity contribution is 0.414. The van der Waals surface area contributed by atoms with Crippen molar-refractivity contribution >= 4 is 23.0 Å². The van der Waals surface area contributed by atoms with Gasteiger partial charge in [-0.25, -0.2) is 0 Å². The second-order valence-corrected chi connectivity index (χ2v) is 5.96. The van der Waals surface area contributed by atoms with Crippen LogP contribution in [0.25, 0.3) is 0 Å². The Balaban J connectivity index is 2.20. The molecule has 0 radical (unpaired) electrons. The number of likely N-dealkylation sites (N-methyl/N-ethyl adjacent to an activating group) is 1. The fraction of sp³-hybridized carbons (Fsp3) is 0.278. The number of nitrogens with zero attached hydrogens (tertiary/aromatic N) is 2. The Kier molecular flexibility index (Phi) is 4.55. The third-order valence-electron chi connectivity index (χ3n) is 4.25. The number of hydrogen-bond acceptors (Lipinski definition) is 4. The lowest BCUT2D eigenvalue weighted by atomic mass is 10.00. The van der Waals surface area contributed by atoms with E-state index in [-0.39, 0.29) is 6.04 Å². The first kappa shape index (κ1) is 15.8. The average molecular weight is 330 g/mol. The van der Waals surface area contributed by atoms with Crippen LogP contribution >= 0.6 is 11.6 Å². The van der Waals surface area contributed by atoms with E-state index in [1.54, 1.807) is 7.11 Å². The second-order valence-electron chi connectivity index (χ2n) is 5.55. The van der Waals surface area contributed by atoms with E-state index in [1.165, 1.54) is 0 Å². The minimum atomic E-state index is 0.140. The highest BCUT2D eigenvalue weighted by Gasteiger charge is 2.24. The van der Waals surface area contributed by atoms with Crippen LogP contribution in [0.4, 0.5) is 5.69 Å². The number of ether oxygens (including phenoxy) is 1. The van der Waals surface area contributed by atoms with Crippen molar-refractivity contribution in [1.82, 2.24) is 0 Å². The van der Waals surface area contributed by atoms with E-state index in [1.807, 2.05) is 49.5 Å². The van der Waals surface area contributed by atoms with Gasteiger partial charge in [0.25, 0.3) is 0 Å². The summed E-state index contributed by atoms with van der Waals surface area (Å²) in [7, 11) is 3.71. The van der Waals surface area contributed by atoms with E-state index >= 15 is 0 Å². The number of rotatable bonds is 3. The van der Waals surface area contributed by atoms with Gasteiger partial charge in [-0.15, -0.1) is 0 Å². The number of anilines is 1. The van der Waals surface area contributed by atoms with Crippen LogP contribution in [0.2, 0.25) is 5.02 Å². The summed E-state index contributed by atoms with van der Waals surface area (Å²) in [6.45, 7) is 1.16. The third-order valence-corrected chi connectivity index (χ3v) is 4.58. The Labute approximate surface area is 141 Å². The number of methoxy groups -OCH3 is 1. The number of hydrogen-bond donors (Lipinski definition) is 1. The van der Waals surface area contributed by atoms with Crippen LogP contribution in [-0.4, -0.2) is 39.0 Å². The molecule has 3 rings (SSSR count). The van der Waals surface area contributed by atoms with E-state index in [9.17, 15) is 0 Å². The Bertz CT molecular complexity index is 745. The van der Waals surface area contributed by atoms with E-state index in [0.717, 1.165) is 28.3 Å². The molecule has 2 aromatic rings. The number of benzene rings is 2. The topological polar surface area (TPSA) is 50.9 Å². The molecule has 1 atom stereocenters. The maximum atomic E-state index is 6.40. The summed E-state index contributed by atoms with van der Waals surface area (Å²) in [5.41, 5.74) is 9.86. The summed E-state index contributed by atoms with van der Waals surface area (Å²) >= 11 is 6.40. The van der Waals surface area contributed by atoms with Gasteiger partial charge in [0.15, 0.2) is 0 Å². The van der Waals surface area contributed by atoms with Crippen molar-refractivity contribution in [2.24, 2.45) is 10.7 Å². The van der Waals surface area contributed by atoms with Crippen molar-refractivity contribution in [2.75, 3.05) is 32.1 Å². The second kappa shape index (κ2) is 6.60. The summed E-state index contributed by atoms with van der Waals surface area (Å²) in [5.74, 6) is 0.812. The fourth-order valence-electron chi connectivity index (χ4n) is 2.85. The summed E-state index contributed by atoms with van der Waals surface area (Å²) in [6, 6.07) is 13.9. The van der Waals surface area contributed by atoms with Crippen molar-refractivity contribution in [2.45, 2.75) is 6.04 Å². The van der Waals surface area contributed by atoms with E-state index in [2.05, 4.69) is 4.90 Å². The number of aliphatic imine (C=N–C) groups is 1. The molecule has 4 nitrogen and oxygen atoms in total. The molecule has 0 saturated heterocycles. The molecule has 0 aliphatic carbocycles. The smallest absolute Gasteiger partial charge is 0.120 e. The van der Waals surface area contributed by atoms with Crippen molar-refractivity contribution in [3.05, 3.63) is 58.6 Å². The third kappa shape index (κ3) is 2.92. The van der Waals surface area contributed by atoms with Crippen LogP contribution in [0, 0.1) is 0 Å². The minimum absolute atomic E-state index is 0.140. The normalized spacial score (nSPS) is 17.3. The lowest BCUT2D eigenvalue weighted by Gasteiger charge is -2.27. The highest BCUT2D eigenvalue weighted by molar-refractivity contribution is 6.35. The SMILES string of the molecule is COc1ccc2c(c1)N(C)C(CN)CN=C2c1ccccc1Cl. The molecule has 23 heavy (non-hydrogen) atoms. The zero-order valence-corrected chi connectivity index (χ0v) is 14.0. The van der Waals surface area contributed by atoms with Crippen molar-refractivity contribution in [1.29, 1.82) is 0 Å². The van der Waals surface area contributed by atoms with Gasteiger partial charge in [0.1, 0.15) is 5.75 Å². The Morgan fingerprint density at radius 3 is 2.74 bits per heavy atom. The molecule has 0 fully saturated rings. The molecule has 1 aliphatic heterocycles. The number of halogens is 1. The lowest BCUT2D eigenvalue weighted by Crippen LogP contribution is -2.39. The van der Waals surface area contributed by atoms with Gasteiger partial charge < -0.3 is 15.4 Å². The molecule has 1 unspecified atom stereocenters. The molecule has 1 aliphatic rings. The van der Waals surface area contributed by atoms with Gasteiger partial charge in [0.2, 0.25) is 0 Å². The van der Waals surface area contributed by atoms with Crippen molar-refractivity contribution in [3.63, 3.8) is 0 Å². The van der Waals surface area contributed by atoms with E-state index in [0.29, 0.717) is 18.1 Å². The number of fused-ring (bicyclic) bond motifs is 1. The molecular formula is C18H20ClN3O. The first-order valence-corrected chi connectivity index (χ1v) is 7.94. The van der Waals surface area contributed by atoms with Crippen LogP contribution in [0.5, 0.6) is 5.75 Å². The van der Waals surface area contributed by atoms with Crippen LogP contribution in [0.3, 0.4) is 0 Å². The molecule has 5 heteroatoms. The largest absolute Gasteiger partial charge is 0.497 e. The van der Waals surface area contributed by atoms with Gasteiger partial charge in [-0.05, 0) is 18.2 Å². The number of nitrogens with two attached hydrogens (primary N) is 1. The first-order chi connectivity index (χ1) is 11.2. The maximum Gasteiger partial charge on any atom is 0.120 e. The minimum Gasteiger partial charge on any atom is -0.497 e. The maximum absolute atomic E-state index is 6.40. The predicted molar refractivity (Wildman–Crippen MR) is 96.2 cm³/mol. The average Bonchev–Trinajstić information content (AvgIpc) is 2.72. The summed E-state index contributed by atoms with van der Waals surface area (Å²) in [5, 5.41) is 0.696. The molecule has 0 aromatic heterocycles. The van der Waals surface area contributed by atoms with Crippen molar-refractivity contribution in [3.8, 4) is 5.75 Å². The quantitative estimate of drug-likeness (QED) is 0.942. The van der Waals surface area contributed by atoms with Gasteiger partial charge in [0, 0.05) is 41.5 Å². The summed E-state index contributed by atoms with van der Waals surface area (Å²) in [6.07, 6.45) is 0. The Morgan fingerprint density at radius 2 is 2.04 bits per heavy atom. The van der Waals surface area contributed by atoms with Gasteiger partial charge in [-0.2, -0.15) is 0 Å². The molecule has 2 N–H and O–H groups in total.